The molecule has 1 aliphatic heterocycles. The topological polar surface area (TPSA) is 84.2 Å². The van der Waals surface area contributed by atoms with Gasteiger partial charge >= 0.3 is 0 Å². The highest BCUT2D eigenvalue weighted by molar-refractivity contribution is 8.01. The summed E-state index contributed by atoms with van der Waals surface area (Å²) in [5, 5.41) is 8.67. The van der Waals surface area contributed by atoms with Crippen LogP contribution in [0.15, 0.2) is 39.8 Å². The summed E-state index contributed by atoms with van der Waals surface area (Å²) in [7, 11) is 0. The zero-order chi connectivity index (χ0) is 14.8. The van der Waals surface area contributed by atoms with Crippen LogP contribution < -0.4 is 10.6 Å². The van der Waals surface area contributed by atoms with Gasteiger partial charge in [0, 0.05) is 17.4 Å². The number of hydrogen-bond acceptors (Lipinski definition) is 5. The first kappa shape index (κ1) is 13.7. The summed E-state index contributed by atoms with van der Waals surface area (Å²) >= 11 is 1.39. The lowest BCUT2D eigenvalue weighted by Crippen LogP contribution is -2.32. The molecule has 0 saturated heterocycles. The molecule has 2 N–H and O–H groups in total. The highest BCUT2D eigenvalue weighted by Gasteiger charge is 2.28. The monoisotopic (exact) mass is 303 g/mol. The van der Waals surface area contributed by atoms with Gasteiger partial charge in [0.05, 0.1) is 10.9 Å². The maximum atomic E-state index is 12.0. The molecule has 7 heteroatoms. The van der Waals surface area contributed by atoms with Crippen LogP contribution in [0.4, 0.5) is 11.5 Å². The fourth-order valence-electron chi connectivity index (χ4n) is 2.01. The molecule has 2 amide bonds. The van der Waals surface area contributed by atoms with E-state index in [9.17, 15) is 9.59 Å². The fraction of sp³-hybridized carbons (Fsp3) is 0.214. The Morgan fingerprint density at radius 1 is 1.48 bits per heavy atom. The van der Waals surface area contributed by atoms with Crippen molar-refractivity contribution in [3.63, 3.8) is 0 Å². The van der Waals surface area contributed by atoms with E-state index in [0.29, 0.717) is 11.6 Å². The quantitative estimate of drug-likeness (QED) is 0.909. The lowest BCUT2D eigenvalue weighted by Gasteiger charge is -2.23. The number of fused-ring (bicyclic) bond motifs is 1. The van der Waals surface area contributed by atoms with Gasteiger partial charge in [0.1, 0.15) is 5.76 Å². The summed E-state index contributed by atoms with van der Waals surface area (Å²) in [6.07, 6.45) is 0.0801. The average Bonchev–Trinajstić information content (AvgIpc) is 2.85. The van der Waals surface area contributed by atoms with Crippen LogP contribution in [0.2, 0.25) is 0 Å². The molecule has 3 rings (SSSR count). The number of aryl methyl sites for hydroxylation is 1. The normalized spacial score (nSPS) is 17.0. The molecule has 0 bridgehead atoms. The number of nitrogens with one attached hydrogen (secondary N) is 2. The molecule has 1 atom stereocenters. The van der Waals surface area contributed by atoms with Crippen LogP contribution >= 0.6 is 11.8 Å². The van der Waals surface area contributed by atoms with Crippen molar-refractivity contribution in [2.45, 2.75) is 23.5 Å². The molecular weight excluding hydrogens is 290 g/mol. The molecule has 0 saturated carbocycles. The van der Waals surface area contributed by atoms with Crippen molar-refractivity contribution in [1.29, 1.82) is 0 Å². The Kier molecular flexibility index (Phi) is 3.66. The second-order valence-corrected chi connectivity index (χ2v) is 5.91. The van der Waals surface area contributed by atoms with E-state index in [1.54, 1.807) is 13.0 Å². The van der Waals surface area contributed by atoms with E-state index in [1.807, 2.05) is 24.3 Å². The molecule has 1 aromatic carbocycles. The third-order valence-electron chi connectivity index (χ3n) is 2.97. The zero-order valence-electron chi connectivity index (χ0n) is 11.3. The second-order valence-electron chi connectivity index (χ2n) is 4.67. The van der Waals surface area contributed by atoms with Crippen LogP contribution in [0.1, 0.15) is 12.2 Å². The van der Waals surface area contributed by atoms with Crippen molar-refractivity contribution in [2.75, 3.05) is 10.6 Å². The molecule has 0 fully saturated rings. The molecule has 21 heavy (non-hydrogen) atoms. The van der Waals surface area contributed by atoms with Crippen molar-refractivity contribution in [3.05, 3.63) is 36.1 Å². The molecule has 0 spiro atoms. The van der Waals surface area contributed by atoms with E-state index in [1.165, 1.54) is 11.8 Å². The second kappa shape index (κ2) is 5.61. The van der Waals surface area contributed by atoms with E-state index in [2.05, 4.69) is 15.8 Å². The maximum absolute atomic E-state index is 12.0. The Hall–Kier alpha value is -2.28. The number of rotatable bonds is 3. The highest BCUT2D eigenvalue weighted by atomic mass is 32.2. The number of hydrogen-bond donors (Lipinski definition) is 2. The predicted molar refractivity (Wildman–Crippen MR) is 79.2 cm³/mol. The Bertz CT molecular complexity index is 698. The van der Waals surface area contributed by atoms with Gasteiger partial charge < -0.3 is 15.2 Å². The molecule has 2 heterocycles. The van der Waals surface area contributed by atoms with Crippen LogP contribution in [-0.2, 0) is 9.59 Å². The molecule has 0 aliphatic carbocycles. The summed E-state index contributed by atoms with van der Waals surface area (Å²) in [4.78, 5) is 24.9. The first-order valence-electron chi connectivity index (χ1n) is 6.41. The van der Waals surface area contributed by atoms with Gasteiger partial charge in [0.2, 0.25) is 11.8 Å². The Balaban J connectivity index is 1.65. The van der Waals surface area contributed by atoms with Crippen LogP contribution in [0.5, 0.6) is 0 Å². The highest BCUT2D eigenvalue weighted by Crippen LogP contribution is 2.36. The minimum absolute atomic E-state index is 0.0801. The molecule has 108 valence electrons. The molecule has 1 aliphatic rings. The van der Waals surface area contributed by atoms with Gasteiger partial charge in [-0.3, -0.25) is 9.59 Å². The van der Waals surface area contributed by atoms with Crippen LogP contribution in [-0.4, -0.2) is 22.2 Å². The van der Waals surface area contributed by atoms with Gasteiger partial charge in [-0.15, -0.1) is 11.8 Å². The third-order valence-corrected chi connectivity index (χ3v) is 4.25. The van der Waals surface area contributed by atoms with Crippen molar-refractivity contribution < 1.29 is 14.1 Å². The Morgan fingerprint density at radius 3 is 3.05 bits per heavy atom. The van der Waals surface area contributed by atoms with Crippen molar-refractivity contribution in [1.82, 2.24) is 5.16 Å². The summed E-state index contributed by atoms with van der Waals surface area (Å²) in [5.41, 5.74) is 0.788. The Morgan fingerprint density at radius 2 is 2.29 bits per heavy atom. The van der Waals surface area contributed by atoms with E-state index < -0.39 is 5.25 Å². The molecule has 6 nitrogen and oxygen atoms in total. The number of aromatic nitrogens is 1. The van der Waals surface area contributed by atoms with Gasteiger partial charge in [-0.1, -0.05) is 17.3 Å². The number of carbonyl (C=O) groups excluding carboxylic acids is 2. The molecule has 0 radical (unpaired) electrons. The van der Waals surface area contributed by atoms with Gasteiger partial charge in [-0.05, 0) is 19.1 Å². The number of anilines is 2. The minimum atomic E-state index is -0.451. The Labute approximate surface area is 125 Å². The van der Waals surface area contributed by atoms with E-state index in [4.69, 9.17) is 4.52 Å². The van der Waals surface area contributed by atoms with Gasteiger partial charge in [-0.2, -0.15) is 0 Å². The predicted octanol–water partition coefficient (Wildman–Crippen LogP) is 2.42. The van der Waals surface area contributed by atoms with Gasteiger partial charge in [-0.25, -0.2) is 0 Å². The van der Waals surface area contributed by atoms with Crippen LogP contribution in [0.3, 0.4) is 0 Å². The zero-order valence-corrected chi connectivity index (χ0v) is 12.1. The summed E-state index contributed by atoms with van der Waals surface area (Å²) in [6.45, 7) is 1.74. The molecule has 2 aromatic rings. The summed E-state index contributed by atoms with van der Waals surface area (Å²) < 4.78 is 4.87. The van der Waals surface area contributed by atoms with Gasteiger partial charge in [0.15, 0.2) is 5.82 Å². The molecule has 1 aromatic heterocycles. The first-order valence-corrected chi connectivity index (χ1v) is 7.29. The SMILES string of the molecule is Cc1cc(NC(=O)CC2Sc3ccccc3NC2=O)no1. The smallest absolute Gasteiger partial charge is 0.238 e. The number of amides is 2. The molecular formula is C14H13N3O3S. The summed E-state index contributed by atoms with van der Waals surface area (Å²) in [5.74, 6) is 0.545. The van der Waals surface area contributed by atoms with E-state index in [0.717, 1.165) is 10.6 Å². The van der Waals surface area contributed by atoms with Crippen molar-refractivity contribution in [2.24, 2.45) is 0 Å². The van der Waals surface area contributed by atoms with Crippen LogP contribution in [0, 0.1) is 6.92 Å². The van der Waals surface area contributed by atoms with Gasteiger partial charge in [0.25, 0.3) is 0 Å². The largest absolute Gasteiger partial charge is 0.360 e. The number of para-hydroxylation sites is 1. The number of nitrogens with zero attached hydrogens (tertiary/aromatic N) is 1. The lowest BCUT2D eigenvalue weighted by molar-refractivity contribution is -0.120. The average molecular weight is 303 g/mol. The van der Waals surface area contributed by atoms with Crippen LogP contribution in [0.25, 0.3) is 0 Å². The first-order chi connectivity index (χ1) is 10.1. The van der Waals surface area contributed by atoms with E-state index in [-0.39, 0.29) is 18.2 Å². The number of benzene rings is 1. The lowest BCUT2D eigenvalue weighted by atomic mass is 10.2. The molecule has 1 unspecified atom stereocenters. The summed E-state index contributed by atoms with van der Waals surface area (Å²) in [6, 6.07) is 9.15. The van der Waals surface area contributed by atoms with E-state index >= 15 is 0 Å². The number of carbonyl (C=O) groups is 2. The fourth-order valence-corrected chi connectivity index (χ4v) is 3.12. The standard InChI is InChI=1S/C14H13N3O3S/c1-8-6-12(17-20-8)16-13(18)7-11-14(19)15-9-4-2-3-5-10(9)21-11/h2-6,11H,7H2,1H3,(H,15,19)(H,16,17,18). The van der Waals surface area contributed by atoms with Crippen molar-refractivity contribution in [3.8, 4) is 0 Å². The number of thioether (sulfide) groups is 1. The third kappa shape index (κ3) is 3.08. The maximum Gasteiger partial charge on any atom is 0.238 e. The van der Waals surface area contributed by atoms with Crippen molar-refractivity contribution >= 4 is 35.1 Å². The minimum Gasteiger partial charge on any atom is -0.360 e.